The highest BCUT2D eigenvalue weighted by Crippen LogP contribution is 2.23. The van der Waals surface area contributed by atoms with Gasteiger partial charge in [0.05, 0.1) is 29.1 Å². The Balaban J connectivity index is 1.03. The molecule has 0 aliphatic carbocycles. The smallest absolute Gasteiger partial charge is 0.287 e. The Hall–Kier alpha value is -5.07. The highest BCUT2D eigenvalue weighted by Gasteiger charge is 2.23. The number of carbonyl (C=O) groups excluding carboxylic acids is 2. The standard InChI is InChI=1S/C33H28FN5O3/c34-27-6-8-29(9-7-27)39-21-26(19-36-39)30(40)16-24-5-10-31-25(15-24)17-32(42-31)33(41)37-28-11-13-38(14-12-28)20-23-3-1-22(18-35)2-4-23/h1-10,15,17,19,21,28H,11-14,16,20H2,(H,37,41). The maximum Gasteiger partial charge on any atom is 0.287 e. The highest BCUT2D eigenvalue weighted by molar-refractivity contribution is 5.99. The van der Waals surface area contributed by atoms with Crippen LogP contribution in [0.2, 0.25) is 0 Å². The zero-order chi connectivity index (χ0) is 29.1. The van der Waals surface area contributed by atoms with Crippen LogP contribution >= 0.6 is 0 Å². The van der Waals surface area contributed by atoms with E-state index in [-0.39, 0.29) is 35.7 Å². The minimum atomic E-state index is -0.338. The van der Waals surface area contributed by atoms with Crippen LogP contribution in [0.4, 0.5) is 4.39 Å². The summed E-state index contributed by atoms with van der Waals surface area (Å²) in [6, 6.07) is 22.9. The fraction of sp³-hybridized carbons (Fsp3) is 0.212. The van der Waals surface area contributed by atoms with Crippen molar-refractivity contribution in [2.24, 2.45) is 0 Å². The summed E-state index contributed by atoms with van der Waals surface area (Å²) >= 11 is 0. The van der Waals surface area contributed by atoms with E-state index >= 15 is 0 Å². The molecule has 3 heterocycles. The van der Waals surface area contributed by atoms with Gasteiger partial charge in [-0.2, -0.15) is 10.4 Å². The number of halogens is 1. The van der Waals surface area contributed by atoms with Gasteiger partial charge in [0.15, 0.2) is 11.5 Å². The number of benzene rings is 3. The molecule has 6 rings (SSSR count). The fourth-order valence-electron chi connectivity index (χ4n) is 5.24. The van der Waals surface area contributed by atoms with E-state index in [4.69, 9.17) is 9.68 Å². The predicted molar refractivity (Wildman–Crippen MR) is 155 cm³/mol. The van der Waals surface area contributed by atoms with Crippen molar-refractivity contribution in [3.05, 3.63) is 119 Å². The second-order valence-corrected chi connectivity index (χ2v) is 10.6. The molecular formula is C33H28FN5O3. The molecule has 3 aromatic carbocycles. The van der Waals surface area contributed by atoms with Gasteiger partial charge in [0.25, 0.3) is 5.91 Å². The molecule has 9 heteroatoms. The van der Waals surface area contributed by atoms with E-state index in [1.165, 1.54) is 28.6 Å². The molecule has 42 heavy (non-hydrogen) atoms. The molecule has 0 spiro atoms. The molecule has 1 amide bonds. The summed E-state index contributed by atoms with van der Waals surface area (Å²) in [5, 5.41) is 17.1. The number of Topliss-reactive ketones (excluding diaryl/α,β-unsaturated/α-hetero) is 1. The number of hydrogen-bond acceptors (Lipinski definition) is 6. The molecule has 0 atom stereocenters. The summed E-state index contributed by atoms with van der Waals surface area (Å²) in [6.45, 7) is 2.55. The number of amides is 1. The minimum absolute atomic E-state index is 0.0620. The molecule has 8 nitrogen and oxygen atoms in total. The van der Waals surface area contributed by atoms with Gasteiger partial charge in [0.1, 0.15) is 11.4 Å². The predicted octanol–water partition coefficient (Wildman–Crippen LogP) is 5.45. The molecular weight excluding hydrogens is 533 g/mol. The van der Waals surface area contributed by atoms with Gasteiger partial charge in [-0.1, -0.05) is 18.2 Å². The van der Waals surface area contributed by atoms with E-state index in [0.29, 0.717) is 22.4 Å². The zero-order valence-corrected chi connectivity index (χ0v) is 22.8. The molecule has 2 aromatic heterocycles. The first-order chi connectivity index (χ1) is 20.4. The van der Waals surface area contributed by atoms with Crippen molar-refractivity contribution in [3.63, 3.8) is 0 Å². The highest BCUT2D eigenvalue weighted by atomic mass is 19.1. The van der Waals surface area contributed by atoms with Crippen LogP contribution in [0.1, 0.15) is 50.4 Å². The summed E-state index contributed by atoms with van der Waals surface area (Å²) in [6.07, 6.45) is 4.98. The Kier molecular flexibility index (Phi) is 7.62. The summed E-state index contributed by atoms with van der Waals surface area (Å²) in [5.41, 5.74) is 4.31. The number of aromatic nitrogens is 2. The molecule has 0 bridgehead atoms. The first kappa shape index (κ1) is 27.1. The summed E-state index contributed by atoms with van der Waals surface area (Å²) < 4.78 is 20.6. The third-order valence-corrected chi connectivity index (χ3v) is 7.58. The van der Waals surface area contributed by atoms with Crippen molar-refractivity contribution in [1.29, 1.82) is 5.26 Å². The number of hydrogen-bond donors (Lipinski definition) is 1. The number of carbonyl (C=O) groups is 2. The number of nitrogens with one attached hydrogen (secondary N) is 1. The average Bonchev–Trinajstić information content (AvgIpc) is 3.67. The van der Waals surface area contributed by atoms with Gasteiger partial charge < -0.3 is 9.73 Å². The quantitative estimate of drug-likeness (QED) is 0.253. The van der Waals surface area contributed by atoms with Gasteiger partial charge in [-0.25, -0.2) is 9.07 Å². The Labute approximate surface area is 242 Å². The lowest BCUT2D eigenvalue weighted by Crippen LogP contribution is -2.44. The normalized spacial score (nSPS) is 14.1. The van der Waals surface area contributed by atoms with E-state index in [0.717, 1.165) is 43.4 Å². The van der Waals surface area contributed by atoms with E-state index in [1.54, 1.807) is 30.5 Å². The van der Waals surface area contributed by atoms with Crippen molar-refractivity contribution < 1.29 is 18.4 Å². The van der Waals surface area contributed by atoms with Gasteiger partial charge in [0.2, 0.25) is 0 Å². The summed E-state index contributed by atoms with van der Waals surface area (Å²) in [5.74, 6) is -0.443. The zero-order valence-electron chi connectivity index (χ0n) is 22.8. The average molecular weight is 562 g/mol. The van der Waals surface area contributed by atoms with E-state index in [9.17, 15) is 14.0 Å². The largest absolute Gasteiger partial charge is 0.451 e. The second kappa shape index (κ2) is 11.8. The lowest BCUT2D eigenvalue weighted by molar-refractivity contribution is 0.0882. The van der Waals surface area contributed by atoms with Gasteiger partial charge >= 0.3 is 0 Å². The van der Waals surface area contributed by atoms with Crippen LogP contribution in [0.25, 0.3) is 16.7 Å². The van der Waals surface area contributed by atoms with Crippen molar-refractivity contribution in [2.45, 2.75) is 31.8 Å². The Morgan fingerprint density at radius 1 is 1.00 bits per heavy atom. The molecule has 1 N–H and O–H groups in total. The van der Waals surface area contributed by atoms with Gasteiger partial charge in [-0.3, -0.25) is 14.5 Å². The van der Waals surface area contributed by atoms with Crippen LogP contribution in [0.5, 0.6) is 0 Å². The number of nitrogens with zero attached hydrogens (tertiary/aromatic N) is 4. The third kappa shape index (κ3) is 6.14. The maximum atomic E-state index is 13.2. The van der Waals surface area contributed by atoms with Crippen LogP contribution in [-0.2, 0) is 13.0 Å². The van der Waals surface area contributed by atoms with Crippen LogP contribution in [0.3, 0.4) is 0 Å². The Morgan fingerprint density at radius 3 is 2.48 bits per heavy atom. The second-order valence-electron chi connectivity index (χ2n) is 10.6. The number of rotatable bonds is 8. The molecule has 5 aromatic rings. The van der Waals surface area contributed by atoms with Gasteiger partial charge in [0, 0.05) is 43.7 Å². The number of fused-ring (bicyclic) bond motifs is 1. The lowest BCUT2D eigenvalue weighted by Gasteiger charge is -2.32. The van der Waals surface area contributed by atoms with Gasteiger partial charge in [-0.15, -0.1) is 0 Å². The van der Waals surface area contributed by atoms with Crippen molar-refractivity contribution in [2.75, 3.05) is 13.1 Å². The molecule has 1 saturated heterocycles. The van der Waals surface area contributed by atoms with E-state index < -0.39 is 0 Å². The number of piperidine rings is 1. The molecule has 1 fully saturated rings. The molecule has 210 valence electrons. The molecule has 0 radical (unpaired) electrons. The van der Waals surface area contributed by atoms with Crippen LogP contribution in [-0.4, -0.2) is 45.5 Å². The van der Waals surface area contributed by atoms with Crippen molar-refractivity contribution >= 4 is 22.7 Å². The topological polar surface area (TPSA) is 104 Å². The number of ketones is 1. The number of nitriles is 1. The van der Waals surface area contributed by atoms with E-state index in [1.807, 2.05) is 36.4 Å². The van der Waals surface area contributed by atoms with Crippen LogP contribution in [0, 0.1) is 17.1 Å². The van der Waals surface area contributed by atoms with Crippen LogP contribution in [0.15, 0.2) is 89.6 Å². The lowest BCUT2D eigenvalue weighted by atomic mass is 10.0. The fourth-order valence-corrected chi connectivity index (χ4v) is 5.24. The van der Waals surface area contributed by atoms with Gasteiger partial charge in [-0.05, 0) is 78.6 Å². The van der Waals surface area contributed by atoms with Crippen LogP contribution < -0.4 is 5.32 Å². The Morgan fingerprint density at radius 2 is 1.74 bits per heavy atom. The monoisotopic (exact) mass is 561 g/mol. The van der Waals surface area contributed by atoms with Crippen molar-refractivity contribution in [1.82, 2.24) is 20.0 Å². The maximum absolute atomic E-state index is 13.2. The molecule has 0 unspecified atom stereocenters. The number of likely N-dealkylation sites (tertiary alicyclic amines) is 1. The first-order valence-corrected chi connectivity index (χ1v) is 13.8. The summed E-state index contributed by atoms with van der Waals surface area (Å²) in [7, 11) is 0. The van der Waals surface area contributed by atoms with Crippen molar-refractivity contribution in [3.8, 4) is 11.8 Å². The molecule has 0 saturated carbocycles. The molecule has 1 aliphatic rings. The third-order valence-electron chi connectivity index (χ3n) is 7.58. The summed E-state index contributed by atoms with van der Waals surface area (Å²) in [4.78, 5) is 28.2. The first-order valence-electron chi connectivity index (χ1n) is 13.8. The minimum Gasteiger partial charge on any atom is -0.451 e. The van der Waals surface area contributed by atoms with E-state index in [2.05, 4.69) is 21.4 Å². The number of furan rings is 1. The SMILES string of the molecule is N#Cc1ccc(CN2CCC(NC(=O)c3cc4cc(CC(=O)c5cnn(-c6ccc(F)cc6)c5)ccc4o3)CC2)cc1. The Bertz CT molecular complexity index is 1780. The molecule has 1 aliphatic heterocycles.